The Morgan fingerprint density at radius 1 is 1.24 bits per heavy atom. The predicted molar refractivity (Wildman–Crippen MR) is 79.8 cm³/mol. The third kappa shape index (κ3) is 3.74. The van der Waals surface area contributed by atoms with Crippen LogP contribution >= 0.6 is 0 Å². The quantitative estimate of drug-likeness (QED) is 0.907. The molecule has 21 heavy (non-hydrogen) atoms. The van der Waals surface area contributed by atoms with E-state index in [-0.39, 0.29) is 18.5 Å². The van der Waals surface area contributed by atoms with Gasteiger partial charge in [0.1, 0.15) is 0 Å². The number of carboxylic acid groups (broad SMARTS) is 1. The van der Waals surface area contributed by atoms with E-state index in [0.717, 1.165) is 0 Å². The Labute approximate surface area is 125 Å². The molecule has 0 unspecified atom stereocenters. The van der Waals surface area contributed by atoms with E-state index in [9.17, 15) is 9.59 Å². The highest BCUT2D eigenvalue weighted by Gasteiger charge is 2.28. The summed E-state index contributed by atoms with van der Waals surface area (Å²) < 4.78 is 0. The monoisotopic (exact) mass is 290 g/mol. The maximum absolute atomic E-state index is 12.6. The van der Waals surface area contributed by atoms with Crippen molar-refractivity contribution in [2.75, 3.05) is 6.54 Å². The van der Waals surface area contributed by atoms with Crippen LogP contribution in [-0.4, -0.2) is 39.5 Å². The number of hydrogen-bond acceptors (Lipinski definition) is 2. The van der Waals surface area contributed by atoms with Gasteiger partial charge in [0, 0.05) is 32.1 Å². The smallest absolute Gasteiger partial charge is 0.320 e. The van der Waals surface area contributed by atoms with Crippen molar-refractivity contribution in [2.24, 2.45) is 0 Å². The van der Waals surface area contributed by atoms with Crippen molar-refractivity contribution in [3.8, 4) is 0 Å². The van der Waals surface area contributed by atoms with Gasteiger partial charge in [0.25, 0.3) is 0 Å². The summed E-state index contributed by atoms with van der Waals surface area (Å²) in [5.74, 6) is -0.820. The van der Waals surface area contributed by atoms with Crippen molar-refractivity contribution >= 4 is 12.0 Å². The Balaban J connectivity index is 1.98. The number of carbonyl (C=O) groups excluding carboxylic acids is 1. The highest BCUT2D eigenvalue weighted by atomic mass is 16.4. The van der Waals surface area contributed by atoms with E-state index in [1.807, 2.05) is 43.0 Å². The number of hydrogen-bond donors (Lipinski definition) is 1. The average molecular weight is 290 g/mol. The maximum Gasteiger partial charge on any atom is 0.320 e. The second kappa shape index (κ2) is 6.61. The normalized spacial score (nSPS) is 13.4. The first kappa shape index (κ1) is 15.4. The van der Waals surface area contributed by atoms with Gasteiger partial charge >= 0.3 is 12.0 Å². The number of amides is 2. The van der Waals surface area contributed by atoms with Gasteiger partial charge in [-0.3, -0.25) is 4.79 Å². The Bertz CT molecular complexity index is 503. The zero-order chi connectivity index (χ0) is 15.4. The van der Waals surface area contributed by atoms with Crippen molar-refractivity contribution in [1.82, 2.24) is 9.80 Å². The summed E-state index contributed by atoms with van der Waals surface area (Å²) >= 11 is 0. The third-order valence-electron chi connectivity index (χ3n) is 3.77. The molecule has 2 rings (SSSR count). The lowest BCUT2D eigenvalue weighted by molar-refractivity contribution is -0.137. The zero-order valence-electron chi connectivity index (χ0n) is 12.6. The van der Waals surface area contributed by atoms with Crippen LogP contribution in [0.2, 0.25) is 0 Å². The Kier molecular flexibility index (Phi) is 4.83. The van der Waals surface area contributed by atoms with Crippen molar-refractivity contribution in [2.45, 2.75) is 45.8 Å². The molecule has 1 aliphatic rings. The fourth-order valence-electron chi connectivity index (χ4n) is 2.63. The maximum atomic E-state index is 12.6. The molecule has 0 bridgehead atoms. The Morgan fingerprint density at radius 3 is 2.29 bits per heavy atom. The summed E-state index contributed by atoms with van der Waals surface area (Å²) in [7, 11) is 0. The van der Waals surface area contributed by atoms with Crippen LogP contribution in [0.3, 0.4) is 0 Å². The van der Waals surface area contributed by atoms with Crippen molar-refractivity contribution in [3.63, 3.8) is 0 Å². The largest absolute Gasteiger partial charge is 0.481 e. The van der Waals surface area contributed by atoms with Gasteiger partial charge in [-0.25, -0.2) is 4.79 Å². The molecule has 114 valence electrons. The molecule has 2 amide bonds. The molecule has 1 aliphatic heterocycles. The number of fused-ring (bicyclic) bond motifs is 1. The first-order chi connectivity index (χ1) is 9.99. The van der Waals surface area contributed by atoms with Crippen LogP contribution in [0.5, 0.6) is 0 Å². The number of carboxylic acids is 1. The van der Waals surface area contributed by atoms with E-state index in [2.05, 4.69) is 0 Å². The molecule has 1 heterocycles. The van der Waals surface area contributed by atoms with Gasteiger partial charge in [-0.2, -0.15) is 0 Å². The molecule has 5 nitrogen and oxygen atoms in total. The fourth-order valence-corrected chi connectivity index (χ4v) is 2.63. The van der Waals surface area contributed by atoms with Crippen LogP contribution in [-0.2, 0) is 17.9 Å². The predicted octanol–water partition coefficient (Wildman–Crippen LogP) is 2.70. The van der Waals surface area contributed by atoms with Crippen LogP contribution in [0.15, 0.2) is 24.3 Å². The standard InChI is InChI=1S/C16H22N2O3/c1-12(2)18(9-5-8-15(19)20)16(21)17-10-13-6-3-4-7-14(13)11-17/h3-4,6-7,12H,5,8-11H2,1-2H3,(H,19,20). The molecule has 0 spiro atoms. The van der Waals surface area contributed by atoms with E-state index < -0.39 is 5.97 Å². The number of nitrogens with zero attached hydrogens (tertiary/aromatic N) is 2. The second-order valence-corrected chi connectivity index (χ2v) is 5.69. The molecule has 0 aromatic heterocycles. The lowest BCUT2D eigenvalue weighted by Gasteiger charge is -2.31. The molecule has 0 saturated heterocycles. The SMILES string of the molecule is CC(C)N(CCCC(=O)O)C(=O)N1Cc2ccccc2C1. The number of carbonyl (C=O) groups is 2. The van der Waals surface area contributed by atoms with E-state index in [4.69, 9.17) is 5.11 Å². The summed E-state index contributed by atoms with van der Waals surface area (Å²) in [6, 6.07) is 8.13. The van der Waals surface area contributed by atoms with Crippen LogP contribution in [0.1, 0.15) is 37.8 Å². The second-order valence-electron chi connectivity index (χ2n) is 5.69. The summed E-state index contributed by atoms with van der Waals surface area (Å²) in [5.41, 5.74) is 2.39. The minimum absolute atomic E-state index is 0.00779. The Morgan fingerprint density at radius 2 is 1.81 bits per heavy atom. The number of benzene rings is 1. The molecule has 5 heteroatoms. The first-order valence-electron chi connectivity index (χ1n) is 7.33. The van der Waals surface area contributed by atoms with Crippen LogP contribution in [0, 0.1) is 0 Å². The Hall–Kier alpha value is -2.04. The lowest BCUT2D eigenvalue weighted by atomic mass is 10.1. The van der Waals surface area contributed by atoms with E-state index in [0.29, 0.717) is 26.1 Å². The average Bonchev–Trinajstić information content (AvgIpc) is 2.86. The molecule has 0 aliphatic carbocycles. The van der Waals surface area contributed by atoms with Crippen LogP contribution in [0.25, 0.3) is 0 Å². The number of urea groups is 1. The van der Waals surface area contributed by atoms with Gasteiger partial charge in [0.2, 0.25) is 0 Å². The van der Waals surface area contributed by atoms with Gasteiger partial charge in [0.15, 0.2) is 0 Å². The molecule has 1 aromatic rings. The summed E-state index contributed by atoms with van der Waals surface area (Å²) in [5, 5.41) is 8.72. The van der Waals surface area contributed by atoms with Crippen molar-refractivity contribution in [1.29, 1.82) is 0 Å². The minimum Gasteiger partial charge on any atom is -0.481 e. The lowest BCUT2D eigenvalue weighted by Crippen LogP contribution is -2.45. The molecule has 1 aromatic carbocycles. The van der Waals surface area contributed by atoms with Crippen molar-refractivity contribution < 1.29 is 14.7 Å². The van der Waals surface area contributed by atoms with Gasteiger partial charge in [-0.05, 0) is 31.4 Å². The fraction of sp³-hybridized carbons (Fsp3) is 0.500. The van der Waals surface area contributed by atoms with E-state index in [1.54, 1.807) is 4.90 Å². The van der Waals surface area contributed by atoms with E-state index in [1.165, 1.54) is 11.1 Å². The summed E-state index contributed by atoms with van der Waals surface area (Å²) in [6.07, 6.45) is 0.580. The minimum atomic E-state index is -0.820. The van der Waals surface area contributed by atoms with Crippen LogP contribution < -0.4 is 0 Å². The zero-order valence-corrected chi connectivity index (χ0v) is 12.6. The highest BCUT2D eigenvalue weighted by Crippen LogP contribution is 2.24. The molecular weight excluding hydrogens is 268 g/mol. The molecule has 0 atom stereocenters. The van der Waals surface area contributed by atoms with Gasteiger partial charge in [0.05, 0.1) is 0 Å². The van der Waals surface area contributed by atoms with E-state index >= 15 is 0 Å². The number of aliphatic carboxylic acids is 1. The van der Waals surface area contributed by atoms with Gasteiger partial charge in [-0.15, -0.1) is 0 Å². The summed E-state index contributed by atoms with van der Waals surface area (Å²) in [4.78, 5) is 26.8. The highest BCUT2D eigenvalue weighted by molar-refractivity contribution is 5.75. The number of rotatable bonds is 5. The molecule has 0 fully saturated rings. The molecular formula is C16H22N2O3. The first-order valence-corrected chi connectivity index (χ1v) is 7.33. The van der Waals surface area contributed by atoms with Crippen LogP contribution in [0.4, 0.5) is 4.79 Å². The van der Waals surface area contributed by atoms with Crippen molar-refractivity contribution in [3.05, 3.63) is 35.4 Å². The molecule has 1 N–H and O–H groups in total. The van der Waals surface area contributed by atoms with Gasteiger partial charge < -0.3 is 14.9 Å². The summed E-state index contributed by atoms with van der Waals surface area (Å²) in [6.45, 7) is 5.67. The third-order valence-corrected chi connectivity index (χ3v) is 3.77. The molecule has 0 radical (unpaired) electrons. The van der Waals surface area contributed by atoms with Gasteiger partial charge in [-0.1, -0.05) is 24.3 Å². The molecule has 0 saturated carbocycles. The topological polar surface area (TPSA) is 60.9 Å².